The van der Waals surface area contributed by atoms with Gasteiger partial charge in [0.2, 0.25) is 0 Å². The van der Waals surface area contributed by atoms with Crippen LogP contribution in [0.2, 0.25) is 5.02 Å². The maximum atomic E-state index is 5.81. The Morgan fingerprint density at radius 3 is 0.657 bits per heavy atom. The Morgan fingerprint density at radius 2 is 0.443 bits per heavy atom. The van der Waals surface area contributed by atoms with E-state index in [2.05, 4.69) is 287 Å². The molecule has 0 aromatic heterocycles. The van der Waals surface area contributed by atoms with Crippen LogP contribution < -0.4 is 0 Å². The topological polar surface area (TPSA) is 0 Å². The van der Waals surface area contributed by atoms with Crippen LogP contribution in [0.1, 0.15) is 111 Å². The monoisotopic (exact) mass is 1020 g/mol. The molecule has 8 aromatic carbocycles. The van der Waals surface area contributed by atoms with Crippen molar-refractivity contribution >= 4 is 27.5 Å². The number of hydrogen-bond acceptors (Lipinski definition) is 0. The van der Waals surface area contributed by atoms with Crippen LogP contribution in [0.3, 0.4) is 0 Å². The van der Waals surface area contributed by atoms with Gasteiger partial charge in [0.1, 0.15) is 0 Å². The average Bonchev–Trinajstić information content (AvgIpc) is 3.32. The minimum Gasteiger partial charge on any atom is -0.0840 e. The lowest BCUT2D eigenvalue weighted by atomic mass is 10.0. The molecule has 0 unspecified atom stereocenters. The fourth-order valence-electron chi connectivity index (χ4n) is 6.47. The highest BCUT2D eigenvalue weighted by atomic mass is 79.9. The molecule has 0 heterocycles. The smallest absolute Gasteiger partial charge is 0.0437 e. The van der Waals surface area contributed by atoms with Crippen LogP contribution in [-0.4, -0.2) is 0 Å². The van der Waals surface area contributed by atoms with E-state index in [0.717, 1.165) is 5.02 Å². The van der Waals surface area contributed by atoms with Crippen molar-refractivity contribution in [2.45, 2.75) is 138 Å². The standard InChI is InChI=1S/C10H14.2C9H12.C8H9Br.C8H9Cl.3C8H10/c1-7-5-8(2)10(4)9(3)6-7;2*1-7-5-4-6-8(2)9(7)3;2*1-6-4-3-5-8(9)7(6)2;3*1-7-5-3-4-6-8(7)2/h5-6H,1-4H3;2*4-6H,1-3H3;2*3-5H,1-2H3;3*3-6H,1-2H3. The zero-order valence-corrected chi connectivity index (χ0v) is 49.1. The van der Waals surface area contributed by atoms with Gasteiger partial charge in [0.25, 0.3) is 0 Å². The summed E-state index contributed by atoms with van der Waals surface area (Å²) < 4.78 is 1.20. The predicted molar refractivity (Wildman–Crippen MR) is 319 cm³/mol. The van der Waals surface area contributed by atoms with Crippen LogP contribution in [0.25, 0.3) is 0 Å². The van der Waals surface area contributed by atoms with E-state index in [0.29, 0.717) is 0 Å². The van der Waals surface area contributed by atoms with Gasteiger partial charge in [0.15, 0.2) is 0 Å². The first kappa shape index (κ1) is 62.5. The Kier molecular flexibility index (Phi) is 29.6. The van der Waals surface area contributed by atoms with Crippen molar-refractivity contribution < 1.29 is 0 Å². The summed E-state index contributed by atoms with van der Waals surface area (Å²) in [5.74, 6) is 0. The Bertz CT molecular complexity index is 2320. The van der Waals surface area contributed by atoms with Crippen LogP contribution in [0.4, 0.5) is 0 Å². The molecule has 372 valence electrons. The second-order valence-corrected chi connectivity index (χ2v) is 19.9. The van der Waals surface area contributed by atoms with Gasteiger partial charge in [-0.3, -0.25) is 0 Å². The number of benzene rings is 8. The van der Waals surface area contributed by atoms with Gasteiger partial charge < -0.3 is 0 Å². The zero-order chi connectivity index (χ0) is 53.1. The third-order valence-electron chi connectivity index (χ3n) is 13.2. The fraction of sp³-hybridized carbons (Fsp3) is 0.294. The van der Waals surface area contributed by atoms with Gasteiger partial charge in [0, 0.05) is 9.50 Å². The first-order valence-electron chi connectivity index (χ1n) is 24.5. The molecule has 0 spiro atoms. The van der Waals surface area contributed by atoms with Gasteiger partial charge in [-0.2, -0.15) is 0 Å². The van der Waals surface area contributed by atoms with Gasteiger partial charge in [0.05, 0.1) is 0 Å². The summed E-state index contributed by atoms with van der Waals surface area (Å²) in [7, 11) is 0. The molecular weight excluding hydrogens is 932 g/mol. The summed E-state index contributed by atoms with van der Waals surface area (Å²) in [6.07, 6.45) is 0. The molecule has 0 aliphatic carbocycles. The molecule has 0 N–H and O–H groups in total. The summed E-state index contributed by atoms with van der Waals surface area (Å²) >= 11 is 9.26. The molecule has 70 heavy (non-hydrogen) atoms. The van der Waals surface area contributed by atoms with Crippen molar-refractivity contribution in [3.8, 4) is 0 Å². The molecule has 8 aromatic rings. The highest BCUT2D eigenvalue weighted by molar-refractivity contribution is 9.10. The van der Waals surface area contributed by atoms with Gasteiger partial charge in [-0.1, -0.05) is 179 Å². The van der Waals surface area contributed by atoms with E-state index in [1.807, 2.05) is 25.1 Å². The lowest BCUT2D eigenvalue weighted by molar-refractivity contribution is 1.23. The van der Waals surface area contributed by atoms with Gasteiger partial charge >= 0.3 is 0 Å². The SMILES string of the molecule is Cc1cc(C)c(C)c(C)c1.Cc1cccc(Br)c1C.Cc1cccc(C)c1C.Cc1cccc(C)c1C.Cc1cccc(Cl)c1C.Cc1ccccc1C.Cc1ccccc1C.Cc1ccccc1C. The number of hydrogen-bond donors (Lipinski definition) is 0. The molecule has 0 saturated heterocycles. The molecule has 8 rings (SSSR count). The van der Waals surface area contributed by atoms with Crippen LogP contribution in [-0.2, 0) is 0 Å². The normalized spacial score (nSPS) is 9.57. The van der Waals surface area contributed by atoms with Crippen molar-refractivity contribution in [2.24, 2.45) is 0 Å². The number of aryl methyl sites for hydroxylation is 15. The van der Waals surface area contributed by atoms with Crippen molar-refractivity contribution in [3.05, 3.63) is 278 Å². The molecule has 0 saturated carbocycles. The van der Waals surface area contributed by atoms with Crippen molar-refractivity contribution in [1.82, 2.24) is 0 Å². The summed E-state index contributed by atoms with van der Waals surface area (Å²) in [4.78, 5) is 0. The Balaban J connectivity index is 0.000000400. The molecule has 0 amide bonds. The molecule has 2 heteroatoms. The molecule has 0 radical (unpaired) electrons. The first-order valence-corrected chi connectivity index (χ1v) is 25.7. The average molecular weight is 1020 g/mol. The van der Waals surface area contributed by atoms with Gasteiger partial charge in [-0.25, -0.2) is 0 Å². The van der Waals surface area contributed by atoms with E-state index in [1.165, 1.54) is 116 Å². The molecule has 0 fully saturated rings. The summed E-state index contributed by atoms with van der Waals surface area (Å²) in [6.45, 7) is 42.5. The highest BCUT2D eigenvalue weighted by Crippen LogP contribution is 2.19. The van der Waals surface area contributed by atoms with Gasteiger partial charge in [-0.15, -0.1) is 0 Å². The van der Waals surface area contributed by atoms with Crippen LogP contribution in [0.15, 0.2) is 162 Å². The minimum atomic E-state index is 0.856. The zero-order valence-electron chi connectivity index (χ0n) is 46.8. The molecule has 0 atom stereocenters. The molecule has 0 aliphatic rings. The fourth-order valence-corrected chi connectivity index (χ4v) is 7.15. The van der Waals surface area contributed by atoms with E-state index >= 15 is 0 Å². The van der Waals surface area contributed by atoms with Crippen LogP contribution in [0.5, 0.6) is 0 Å². The van der Waals surface area contributed by atoms with E-state index < -0.39 is 0 Å². The molecule has 0 nitrogen and oxygen atoms in total. The number of rotatable bonds is 0. The maximum Gasteiger partial charge on any atom is 0.0437 e. The largest absolute Gasteiger partial charge is 0.0840 e. The predicted octanol–water partition coefficient (Wildman–Crippen LogP) is 21.1. The molecule has 0 aliphatic heterocycles. The summed E-state index contributed by atoms with van der Waals surface area (Å²) in [6, 6.07) is 54.4. The lowest BCUT2D eigenvalue weighted by Gasteiger charge is -2.04. The molecular formula is C68H86BrCl. The van der Waals surface area contributed by atoms with Crippen molar-refractivity contribution in [1.29, 1.82) is 0 Å². The minimum absolute atomic E-state index is 0.856. The van der Waals surface area contributed by atoms with Crippen molar-refractivity contribution in [2.75, 3.05) is 0 Å². The Hall–Kier alpha value is -5.47. The van der Waals surface area contributed by atoms with Crippen molar-refractivity contribution in [3.63, 3.8) is 0 Å². The van der Waals surface area contributed by atoms with Crippen LogP contribution in [0, 0.1) is 138 Å². The second kappa shape index (κ2) is 33.2. The number of halogens is 2. The lowest BCUT2D eigenvalue weighted by Crippen LogP contribution is -1.86. The highest BCUT2D eigenvalue weighted by Gasteiger charge is 1.98. The maximum absolute atomic E-state index is 5.81. The Labute approximate surface area is 441 Å². The van der Waals surface area contributed by atoms with E-state index in [9.17, 15) is 0 Å². The molecule has 0 bridgehead atoms. The third kappa shape index (κ3) is 23.9. The first-order chi connectivity index (χ1) is 32.9. The second-order valence-electron chi connectivity index (χ2n) is 18.7. The van der Waals surface area contributed by atoms with E-state index in [1.54, 1.807) is 0 Å². The Morgan fingerprint density at radius 1 is 0.229 bits per heavy atom. The summed E-state index contributed by atoms with van der Waals surface area (Å²) in [5.41, 5.74) is 27.3. The third-order valence-corrected chi connectivity index (χ3v) is 14.4. The van der Waals surface area contributed by atoms with Crippen LogP contribution >= 0.6 is 27.5 Å². The summed E-state index contributed by atoms with van der Waals surface area (Å²) in [5, 5.41) is 0.856. The van der Waals surface area contributed by atoms with E-state index in [4.69, 9.17) is 11.6 Å². The van der Waals surface area contributed by atoms with E-state index in [-0.39, 0.29) is 0 Å². The van der Waals surface area contributed by atoms with Gasteiger partial charge in [-0.05, 0) is 256 Å². The quantitative estimate of drug-likeness (QED) is 0.142.